The molecule has 1 aliphatic rings. The Morgan fingerprint density at radius 1 is 1.24 bits per heavy atom. The molecule has 2 aromatic rings. The second-order valence-electron chi connectivity index (χ2n) is 6.00. The molecule has 3 rings (SSSR count). The number of benzene rings is 1. The van der Waals surface area contributed by atoms with E-state index in [2.05, 4.69) is 4.98 Å². The molecule has 7 heteroatoms. The maximum absolute atomic E-state index is 12.2. The van der Waals surface area contributed by atoms with Gasteiger partial charge in [0, 0.05) is 24.4 Å². The Labute approximate surface area is 150 Å². The quantitative estimate of drug-likeness (QED) is 0.853. The van der Waals surface area contributed by atoms with Crippen LogP contribution in [0.1, 0.15) is 18.5 Å². The summed E-state index contributed by atoms with van der Waals surface area (Å²) in [6.45, 7) is 1.05. The molecule has 1 aromatic heterocycles. The van der Waals surface area contributed by atoms with Crippen molar-refractivity contribution in [3.8, 4) is 11.5 Å². The van der Waals surface area contributed by atoms with E-state index in [1.165, 1.54) is 11.8 Å². The number of piperidine rings is 1. The van der Waals surface area contributed by atoms with E-state index >= 15 is 0 Å². The largest absolute Gasteiger partial charge is 0.481 e. The number of amides is 1. The predicted molar refractivity (Wildman–Crippen MR) is 95.0 cm³/mol. The number of aliphatic carboxylic acids is 1. The molecular weight excluding hydrogens is 340 g/mol. The summed E-state index contributed by atoms with van der Waals surface area (Å²) in [6.07, 6.45) is 2.70. The Balaban J connectivity index is 1.43. The molecule has 0 unspecified atom stereocenters. The fourth-order valence-electron chi connectivity index (χ4n) is 2.80. The molecule has 1 amide bonds. The highest BCUT2D eigenvalue weighted by molar-refractivity contribution is 7.99. The molecule has 25 heavy (non-hydrogen) atoms. The molecule has 1 aromatic carbocycles. The molecule has 6 nitrogen and oxygen atoms in total. The minimum Gasteiger partial charge on any atom is -0.481 e. The summed E-state index contributed by atoms with van der Waals surface area (Å²) in [7, 11) is 0. The van der Waals surface area contributed by atoms with E-state index in [1.54, 1.807) is 11.2 Å². The number of carbonyl (C=O) groups is 2. The Hall–Kier alpha value is -2.28. The number of hydrogen-bond acceptors (Lipinski definition) is 5. The number of carboxylic acid groups (broad SMARTS) is 1. The first-order chi connectivity index (χ1) is 12.1. The van der Waals surface area contributed by atoms with Gasteiger partial charge in [-0.15, -0.1) is 11.8 Å². The van der Waals surface area contributed by atoms with Gasteiger partial charge in [-0.3, -0.25) is 9.59 Å². The third kappa shape index (κ3) is 4.63. The van der Waals surface area contributed by atoms with Crippen molar-refractivity contribution in [2.24, 2.45) is 5.92 Å². The zero-order chi connectivity index (χ0) is 17.6. The Bertz CT molecular complexity index is 724. The van der Waals surface area contributed by atoms with Crippen molar-refractivity contribution in [1.82, 2.24) is 9.88 Å². The Morgan fingerprint density at radius 3 is 2.64 bits per heavy atom. The van der Waals surface area contributed by atoms with Crippen molar-refractivity contribution in [3.63, 3.8) is 0 Å². The van der Waals surface area contributed by atoms with Crippen molar-refractivity contribution in [2.75, 3.05) is 18.8 Å². The van der Waals surface area contributed by atoms with Gasteiger partial charge in [-0.1, -0.05) is 18.2 Å². The second kappa shape index (κ2) is 8.20. The molecule has 2 heterocycles. The first kappa shape index (κ1) is 17.5. The van der Waals surface area contributed by atoms with Gasteiger partial charge in [-0.05, 0) is 25.0 Å². The molecule has 132 valence electrons. The van der Waals surface area contributed by atoms with Gasteiger partial charge in [0.2, 0.25) is 11.8 Å². The number of aromatic nitrogens is 1. The van der Waals surface area contributed by atoms with Crippen LogP contribution in [-0.2, 0) is 15.3 Å². The monoisotopic (exact) mass is 360 g/mol. The van der Waals surface area contributed by atoms with Crippen molar-refractivity contribution in [1.29, 1.82) is 0 Å². The molecule has 0 saturated carbocycles. The van der Waals surface area contributed by atoms with Crippen LogP contribution in [0.25, 0.3) is 11.5 Å². The highest BCUT2D eigenvalue weighted by Gasteiger charge is 2.26. The molecule has 1 N–H and O–H groups in total. The smallest absolute Gasteiger partial charge is 0.306 e. The molecular formula is C18H20N2O4S. The molecule has 0 spiro atoms. The van der Waals surface area contributed by atoms with Gasteiger partial charge in [-0.25, -0.2) is 4.98 Å². The first-order valence-corrected chi connectivity index (χ1v) is 9.37. The normalized spacial score (nSPS) is 15.3. The van der Waals surface area contributed by atoms with Gasteiger partial charge >= 0.3 is 5.97 Å². The topological polar surface area (TPSA) is 83.6 Å². The summed E-state index contributed by atoms with van der Waals surface area (Å²) in [4.78, 5) is 29.3. The van der Waals surface area contributed by atoms with Crippen LogP contribution in [0.4, 0.5) is 0 Å². The fourth-order valence-corrected chi connectivity index (χ4v) is 3.60. The van der Waals surface area contributed by atoms with Crippen molar-refractivity contribution in [2.45, 2.75) is 18.6 Å². The lowest BCUT2D eigenvalue weighted by atomic mass is 9.97. The van der Waals surface area contributed by atoms with Crippen molar-refractivity contribution >= 4 is 23.6 Å². The number of hydrogen-bond donors (Lipinski definition) is 1. The van der Waals surface area contributed by atoms with Gasteiger partial charge in [0.05, 0.1) is 17.4 Å². The van der Waals surface area contributed by atoms with Crippen LogP contribution < -0.4 is 0 Å². The highest BCUT2D eigenvalue weighted by atomic mass is 32.2. The summed E-state index contributed by atoms with van der Waals surface area (Å²) in [6, 6.07) is 9.68. The zero-order valence-corrected chi connectivity index (χ0v) is 14.6. The van der Waals surface area contributed by atoms with Crippen LogP contribution in [0.3, 0.4) is 0 Å². The second-order valence-corrected chi connectivity index (χ2v) is 6.98. The molecule has 0 bridgehead atoms. The lowest BCUT2D eigenvalue weighted by Crippen LogP contribution is -2.41. The minimum absolute atomic E-state index is 0.0561. The number of oxazole rings is 1. The van der Waals surface area contributed by atoms with E-state index in [-0.39, 0.29) is 11.8 Å². The number of carboxylic acids is 1. The van der Waals surface area contributed by atoms with Crippen LogP contribution in [-0.4, -0.2) is 45.7 Å². The Morgan fingerprint density at radius 2 is 1.96 bits per heavy atom. The average Bonchev–Trinajstić information content (AvgIpc) is 3.11. The zero-order valence-electron chi connectivity index (χ0n) is 13.8. The van der Waals surface area contributed by atoms with E-state index in [9.17, 15) is 9.59 Å². The van der Waals surface area contributed by atoms with Crippen LogP contribution in [0.2, 0.25) is 0 Å². The maximum atomic E-state index is 12.2. The van der Waals surface area contributed by atoms with E-state index in [4.69, 9.17) is 9.52 Å². The van der Waals surface area contributed by atoms with Gasteiger partial charge in [0.15, 0.2) is 0 Å². The van der Waals surface area contributed by atoms with Gasteiger partial charge < -0.3 is 14.4 Å². The lowest BCUT2D eigenvalue weighted by molar-refractivity contribution is -0.145. The number of likely N-dealkylation sites (tertiary alicyclic amines) is 1. The van der Waals surface area contributed by atoms with Crippen LogP contribution in [0.5, 0.6) is 0 Å². The van der Waals surface area contributed by atoms with Gasteiger partial charge in [0.25, 0.3) is 0 Å². The highest BCUT2D eigenvalue weighted by Crippen LogP contribution is 2.22. The average molecular weight is 360 g/mol. The standard InChI is InChI=1S/C18H20N2O4S/c21-16(20-8-6-14(7-9-20)18(22)23)12-25-11-15-10-24-17(19-15)13-4-2-1-3-5-13/h1-5,10,14H,6-9,11-12H2,(H,22,23). The van der Waals surface area contributed by atoms with E-state index < -0.39 is 5.97 Å². The number of carbonyl (C=O) groups excluding carboxylic acids is 1. The molecule has 1 fully saturated rings. The lowest BCUT2D eigenvalue weighted by Gasteiger charge is -2.30. The molecule has 1 saturated heterocycles. The number of rotatable bonds is 6. The summed E-state index contributed by atoms with van der Waals surface area (Å²) >= 11 is 1.49. The Kier molecular flexibility index (Phi) is 5.75. The van der Waals surface area contributed by atoms with E-state index in [0.29, 0.717) is 43.3 Å². The van der Waals surface area contributed by atoms with Crippen LogP contribution in [0, 0.1) is 5.92 Å². The molecule has 0 aliphatic carbocycles. The van der Waals surface area contributed by atoms with Gasteiger partial charge in [-0.2, -0.15) is 0 Å². The van der Waals surface area contributed by atoms with Gasteiger partial charge in [0.1, 0.15) is 6.26 Å². The third-order valence-electron chi connectivity index (χ3n) is 4.24. The van der Waals surface area contributed by atoms with E-state index in [0.717, 1.165) is 11.3 Å². The first-order valence-electron chi connectivity index (χ1n) is 8.21. The SMILES string of the molecule is O=C(O)C1CCN(C(=O)CSCc2coc(-c3ccccc3)n2)CC1. The number of thioether (sulfide) groups is 1. The predicted octanol–water partition coefficient (Wildman–Crippen LogP) is 2.90. The summed E-state index contributed by atoms with van der Waals surface area (Å²) < 4.78 is 5.48. The van der Waals surface area contributed by atoms with E-state index in [1.807, 2.05) is 30.3 Å². The minimum atomic E-state index is -0.762. The molecule has 1 aliphatic heterocycles. The summed E-state index contributed by atoms with van der Waals surface area (Å²) in [5.74, 6) is 0.530. The number of nitrogens with zero attached hydrogens (tertiary/aromatic N) is 2. The fraction of sp³-hybridized carbons (Fsp3) is 0.389. The van der Waals surface area contributed by atoms with Crippen molar-refractivity contribution < 1.29 is 19.1 Å². The molecule has 0 radical (unpaired) electrons. The van der Waals surface area contributed by atoms with Crippen LogP contribution in [0.15, 0.2) is 41.0 Å². The van der Waals surface area contributed by atoms with Crippen molar-refractivity contribution in [3.05, 3.63) is 42.3 Å². The third-order valence-corrected chi connectivity index (χ3v) is 5.20. The summed E-state index contributed by atoms with van der Waals surface area (Å²) in [5.41, 5.74) is 1.73. The molecule has 0 atom stereocenters. The maximum Gasteiger partial charge on any atom is 0.306 e. The van der Waals surface area contributed by atoms with Crippen LogP contribution >= 0.6 is 11.8 Å². The summed E-state index contributed by atoms with van der Waals surface area (Å²) in [5, 5.41) is 8.99.